The number of hydrogen-bond donors (Lipinski definition) is 0. The van der Waals surface area contributed by atoms with Crippen LogP contribution in [0, 0.1) is 0 Å². The monoisotopic (exact) mass is 344 g/mol. The van der Waals surface area contributed by atoms with Crippen LogP contribution in [0.15, 0.2) is 36.4 Å². The Kier molecular flexibility index (Phi) is 6.02. The second kappa shape index (κ2) is 8.01. The number of carbonyl (C=O) groups is 2. The molecule has 2 aromatic rings. The lowest BCUT2D eigenvalue weighted by atomic mass is 9.97. The summed E-state index contributed by atoms with van der Waals surface area (Å²) in [5.74, 6) is -0.368. The van der Waals surface area contributed by atoms with Crippen molar-refractivity contribution in [1.82, 2.24) is 0 Å². The van der Waals surface area contributed by atoms with E-state index >= 15 is 0 Å². The smallest absolute Gasteiger partial charge is 0.313 e. The summed E-state index contributed by atoms with van der Waals surface area (Å²) < 4.78 is 15.7. The number of esters is 2. The highest BCUT2D eigenvalue weighted by Gasteiger charge is 2.24. The van der Waals surface area contributed by atoms with Crippen LogP contribution in [0.2, 0.25) is 0 Å². The lowest BCUT2D eigenvalue weighted by Crippen LogP contribution is -2.31. The van der Waals surface area contributed by atoms with Crippen LogP contribution in [0.3, 0.4) is 0 Å². The quantitative estimate of drug-likeness (QED) is 0.745. The van der Waals surface area contributed by atoms with Crippen LogP contribution < -0.4 is 4.74 Å². The highest BCUT2D eigenvalue weighted by molar-refractivity contribution is 5.86. The Labute approximate surface area is 147 Å². The van der Waals surface area contributed by atoms with Crippen molar-refractivity contribution < 1.29 is 23.8 Å². The lowest BCUT2D eigenvalue weighted by molar-refractivity contribution is -0.164. The first-order valence-electron chi connectivity index (χ1n) is 8.27. The molecule has 25 heavy (non-hydrogen) atoms. The minimum absolute atomic E-state index is 0.348. The van der Waals surface area contributed by atoms with Crippen LogP contribution in [-0.4, -0.2) is 31.3 Å². The van der Waals surface area contributed by atoms with Gasteiger partial charge in [0.25, 0.3) is 0 Å². The number of ether oxygens (including phenoxy) is 3. The molecule has 0 aliphatic carbocycles. The Bertz CT molecular complexity index is 768. The van der Waals surface area contributed by atoms with Crippen molar-refractivity contribution in [1.29, 1.82) is 0 Å². The second-order valence-corrected chi connectivity index (χ2v) is 6.15. The molecular weight excluding hydrogens is 320 g/mol. The molecule has 3 atom stereocenters. The minimum Gasteiger partial charge on any atom is -0.497 e. The molecule has 134 valence electrons. The van der Waals surface area contributed by atoms with Gasteiger partial charge in [0.2, 0.25) is 0 Å². The molecule has 0 bridgehead atoms. The summed E-state index contributed by atoms with van der Waals surface area (Å²) in [7, 11) is 1.63. The minimum atomic E-state index is -0.511. The van der Waals surface area contributed by atoms with Crippen molar-refractivity contribution in [2.75, 3.05) is 7.11 Å². The van der Waals surface area contributed by atoms with Gasteiger partial charge in [-0.1, -0.05) is 24.3 Å². The number of benzene rings is 2. The third kappa shape index (κ3) is 4.72. The number of hydrogen-bond acceptors (Lipinski definition) is 5. The first kappa shape index (κ1) is 18.8. The van der Waals surface area contributed by atoms with Crippen LogP contribution in [0.1, 0.15) is 39.2 Å². The maximum absolute atomic E-state index is 12.4. The fourth-order valence-corrected chi connectivity index (χ4v) is 2.51. The fraction of sp³-hybridized carbons (Fsp3) is 0.400. The van der Waals surface area contributed by atoms with Gasteiger partial charge in [-0.3, -0.25) is 9.59 Å². The van der Waals surface area contributed by atoms with E-state index in [2.05, 4.69) is 0 Å². The van der Waals surface area contributed by atoms with Crippen molar-refractivity contribution >= 4 is 22.7 Å². The molecule has 5 nitrogen and oxygen atoms in total. The zero-order valence-electron chi connectivity index (χ0n) is 15.2. The molecule has 3 unspecified atom stereocenters. The van der Waals surface area contributed by atoms with E-state index in [1.165, 1.54) is 6.92 Å². The average Bonchev–Trinajstić information content (AvgIpc) is 2.59. The van der Waals surface area contributed by atoms with Gasteiger partial charge in [-0.05, 0) is 49.2 Å². The van der Waals surface area contributed by atoms with E-state index in [0.717, 1.165) is 22.1 Å². The molecular formula is C20H24O5. The molecule has 0 fully saturated rings. The SMILES string of the molecule is COc1ccc2cc(C(C)C(=O)OC(C)C(C)OC(C)=O)ccc2c1. The van der Waals surface area contributed by atoms with E-state index in [9.17, 15) is 9.59 Å². The molecule has 0 amide bonds. The molecule has 0 aliphatic rings. The molecule has 0 aliphatic heterocycles. The maximum atomic E-state index is 12.4. The lowest BCUT2D eigenvalue weighted by Gasteiger charge is -2.22. The van der Waals surface area contributed by atoms with E-state index in [0.29, 0.717) is 0 Å². The van der Waals surface area contributed by atoms with Gasteiger partial charge in [-0.25, -0.2) is 0 Å². The van der Waals surface area contributed by atoms with Crippen molar-refractivity contribution in [2.24, 2.45) is 0 Å². The van der Waals surface area contributed by atoms with Crippen molar-refractivity contribution in [3.63, 3.8) is 0 Å². The van der Waals surface area contributed by atoms with Gasteiger partial charge >= 0.3 is 11.9 Å². The predicted octanol–water partition coefficient (Wildman–Crippen LogP) is 3.84. The average molecular weight is 344 g/mol. The summed E-state index contributed by atoms with van der Waals surface area (Å²) in [5.41, 5.74) is 0.870. The predicted molar refractivity (Wildman–Crippen MR) is 95.7 cm³/mol. The summed E-state index contributed by atoms with van der Waals surface area (Å²) in [6.07, 6.45) is -0.999. The van der Waals surface area contributed by atoms with E-state index in [-0.39, 0.29) is 5.97 Å². The Balaban J connectivity index is 2.11. The molecule has 2 rings (SSSR count). The first-order chi connectivity index (χ1) is 11.8. The van der Waals surface area contributed by atoms with Crippen molar-refractivity contribution in [3.05, 3.63) is 42.0 Å². The number of fused-ring (bicyclic) bond motifs is 1. The molecule has 0 aromatic heterocycles. The van der Waals surface area contributed by atoms with Gasteiger partial charge in [0.15, 0.2) is 0 Å². The fourth-order valence-electron chi connectivity index (χ4n) is 2.51. The first-order valence-corrected chi connectivity index (χ1v) is 8.27. The summed E-state index contributed by atoms with van der Waals surface area (Å²) in [6, 6.07) is 11.6. The van der Waals surface area contributed by atoms with Gasteiger partial charge < -0.3 is 14.2 Å². The van der Waals surface area contributed by atoms with Gasteiger partial charge in [0.05, 0.1) is 13.0 Å². The van der Waals surface area contributed by atoms with Gasteiger partial charge in [-0.2, -0.15) is 0 Å². The standard InChI is InChI=1S/C20H24O5/c1-12(20(22)25-14(3)13(2)24-15(4)21)16-6-7-18-11-19(23-5)9-8-17(18)10-16/h6-14H,1-5H3. The Morgan fingerprint density at radius 1 is 0.880 bits per heavy atom. The molecule has 0 N–H and O–H groups in total. The van der Waals surface area contributed by atoms with Crippen LogP contribution in [0.25, 0.3) is 10.8 Å². The summed E-state index contributed by atoms with van der Waals surface area (Å²) >= 11 is 0. The normalized spacial score (nSPS) is 14.4. The van der Waals surface area contributed by atoms with Crippen molar-refractivity contribution in [2.45, 2.75) is 45.8 Å². The molecule has 0 spiro atoms. The summed E-state index contributed by atoms with van der Waals surface area (Å²) in [5, 5.41) is 2.07. The molecule has 0 radical (unpaired) electrons. The maximum Gasteiger partial charge on any atom is 0.313 e. The highest BCUT2D eigenvalue weighted by Crippen LogP contribution is 2.26. The van der Waals surface area contributed by atoms with Crippen LogP contribution in [0.4, 0.5) is 0 Å². The van der Waals surface area contributed by atoms with Crippen LogP contribution in [-0.2, 0) is 19.1 Å². The van der Waals surface area contributed by atoms with E-state index < -0.39 is 24.1 Å². The highest BCUT2D eigenvalue weighted by atomic mass is 16.6. The molecule has 0 saturated carbocycles. The van der Waals surface area contributed by atoms with Crippen molar-refractivity contribution in [3.8, 4) is 5.75 Å². The third-order valence-electron chi connectivity index (χ3n) is 4.24. The summed E-state index contributed by atoms with van der Waals surface area (Å²) in [6.45, 7) is 6.55. The Morgan fingerprint density at radius 3 is 2.12 bits per heavy atom. The largest absolute Gasteiger partial charge is 0.497 e. The zero-order valence-corrected chi connectivity index (χ0v) is 15.2. The third-order valence-corrected chi connectivity index (χ3v) is 4.24. The van der Waals surface area contributed by atoms with Gasteiger partial charge in [-0.15, -0.1) is 0 Å². The number of carbonyl (C=O) groups excluding carboxylic acids is 2. The molecule has 5 heteroatoms. The number of methoxy groups -OCH3 is 1. The summed E-state index contributed by atoms with van der Waals surface area (Å²) in [4.78, 5) is 23.4. The molecule has 0 saturated heterocycles. The molecule has 0 heterocycles. The van der Waals surface area contributed by atoms with E-state index in [1.807, 2.05) is 36.4 Å². The van der Waals surface area contributed by atoms with Crippen LogP contribution >= 0.6 is 0 Å². The number of rotatable bonds is 6. The van der Waals surface area contributed by atoms with Gasteiger partial charge in [0.1, 0.15) is 18.0 Å². The van der Waals surface area contributed by atoms with Gasteiger partial charge in [0, 0.05) is 6.92 Å². The molecule has 2 aromatic carbocycles. The Hall–Kier alpha value is -2.56. The topological polar surface area (TPSA) is 61.8 Å². The second-order valence-electron chi connectivity index (χ2n) is 6.15. The zero-order chi connectivity index (χ0) is 18.6. The Morgan fingerprint density at radius 2 is 1.48 bits per heavy atom. The van der Waals surface area contributed by atoms with E-state index in [1.54, 1.807) is 27.9 Å². The van der Waals surface area contributed by atoms with E-state index in [4.69, 9.17) is 14.2 Å². The van der Waals surface area contributed by atoms with Crippen LogP contribution in [0.5, 0.6) is 5.75 Å².